The maximum Gasteiger partial charge on any atom is 3.00 e. The van der Waals surface area contributed by atoms with Crippen molar-refractivity contribution >= 4 is 53.0 Å². The van der Waals surface area contributed by atoms with Gasteiger partial charge in [0.15, 0.2) is 17.3 Å². The Morgan fingerprint density at radius 1 is 0.554 bits per heavy atom. The number of nitrogen functional groups attached to an aromatic ring is 2. The van der Waals surface area contributed by atoms with Crippen LogP contribution in [0.25, 0.3) is 0 Å². The van der Waals surface area contributed by atoms with Gasteiger partial charge in [-0.25, -0.2) is 5.43 Å². The van der Waals surface area contributed by atoms with Gasteiger partial charge in [0, 0.05) is 42.7 Å². The number of carbonyl (C=O) groups is 4. The Morgan fingerprint density at radius 2 is 0.878 bits per heavy atom. The van der Waals surface area contributed by atoms with Crippen molar-refractivity contribution in [1.29, 1.82) is 0 Å². The van der Waals surface area contributed by atoms with Crippen LogP contribution in [0.4, 0.5) is 11.4 Å². The van der Waals surface area contributed by atoms with E-state index in [0.717, 1.165) is 18.2 Å². The third kappa shape index (κ3) is 43.5. The molecule has 0 bridgehead atoms. The van der Waals surface area contributed by atoms with E-state index >= 15 is 0 Å². The molecule has 0 fully saturated rings. The Morgan fingerprint density at radius 3 is 1.18 bits per heavy atom. The number of methoxy groups -OCH3 is 2. The van der Waals surface area contributed by atoms with E-state index in [-0.39, 0.29) is 163 Å². The fourth-order valence-electron chi connectivity index (χ4n) is 4.26. The molecule has 0 saturated carbocycles. The van der Waals surface area contributed by atoms with Gasteiger partial charge in [-0.2, -0.15) is 15.3 Å². The first-order valence-electron chi connectivity index (χ1n) is 21.3. The van der Waals surface area contributed by atoms with Gasteiger partial charge in [-0.1, -0.05) is 86.9 Å². The van der Waals surface area contributed by atoms with Gasteiger partial charge in [0.2, 0.25) is 0 Å². The number of nitrogens with two attached hydrogens (primary N) is 2. The maximum atomic E-state index is 11.9. The van der Waals surface area contributed by atoms with E-state index in [4.69, 9.17) is 36.3 Å². The Balaban J connectivity index is -0.000000201. The molecule has 0 unspecified atom stereocenters. The van der Waals surface area contributed by atoms with Crippen molar-refractivity contribution < 1.29 is 149 Å². The second kappa shape index (κ2) is 50.5. The largest absolute Gasteiger partial charge is 3.00 e. The second-order valence-electron chi connectivity index (χ2n) is 13.3. The number of hydrogen-bond donors (Lipinski definition) is 6. The summed E-state index contributed by atoms with van der Waals surface area (Å²) in [6, 6.07) is 22.8. The number of para-hydroxylation sites is 4. The van der Waals surface area contributed by atoms with Crippen molar-refractivity contribution in [2.45, 2.75) is 62.3 Å². The molecule has 0 aliphatic carbocycles. The molecule has 4 aromatic rings. The van der Waals surface area contributed by atoms with Gasteiger partial charge in [-0.05, 0) is 101 Å². The van der Waals surface area contributed by atoms with Crippen molar-refractivity contribution in [3.63, 3.8) is 0 Å². The summed E-state index contributed by atoms with van der Waals surface area (Å²) in [5, 5.41) is 99.0. The number of benzene rings is 4. The molecule has 0 aromatic heterocycles. The quantitative estimate of drug-likeness (QED) is 0.0306. The summed E-state index contributed by atoms with van der Waals surface area (Å²) >= 11 is 0. The van der Waals surface area contributed by atoms with E-state index in [1.807, 2.05) is 0 Å². The average Bonchev–Trinajstić information content (AvgIpc) is 3.28. The molecular formula is C51H66Er2N6O15. The molecule has 4 rings (SSSR count). The molecule has 0 atom stereocenters. The molecule has 4 aromatic carbocycles. The van der Waals surface area contributed by atoms with Crippen LogP contribution in [0, 0.1) is 74.6 Å². The molecule has 2 radical (unpaired) electrons. The van der Waals surface area contributed by atoms with Gasteiger partial charge in [0.25, 0.3) is 5.91 Å². The molecule has 21 nitrogen and oxygen atoms in total. The first kappa shape index (κ1) is 79.4. The summed E-state index contributed by atoms with van der Waals surface area (Å²) in [6.45, 7) is 13.9. The molecule has 0 aliphatic heterocycles. The van der Waals surface area contributed by atoms with E-state index in [1.165, 1.54) is 68.2 Å². The molecule has 414 valence electrons. The Hall–Kier alpha value is -6.04. The first-order chi connectivity index (χ1) is 33.9. The van der Waals surface area contributed by atoms with E-state index in [0.29, 0.717) is 22.5 Å². The van der Waals surface area contributed by atoms with Gasteiger partial charge < -0.3 is 66.9 Å². The fourth-order valence-corrected chi connectivity index (χ4v) is 4.26. The number of rotatable bonds is 11. The zero-order valence-electron chi connectivity index (χ0n) is 42.9. The van der Waals surface area contributed by atoms with E-state index in [2.05, 4.69) is 20.7 Å². The van der Waals surface area contributed by atoms with Crippen LogP contribution in [-0.2, 0) is 14.4 Å². The Kier molecular flexibility index (Phi) is 54.2. The fraction of sp³-hybridized carbons (Fsp3) is 0.275. The molecule has 8 N–H and O–H groups in total. The summed E-state index contributed by atoms with van der Waals surface area (Å²) in [7, 11) is 2.82. The number of aliphatic hydroxyl groups excluding tert-OH is 3. The summed E-state index contributed by atoms with van der Waals surface area (Å²) in [5.74, 6) is -2.32. The molecule has 0 saturated heterocycles. The van der Waals surface area contributed by atoms with Crippen molar-refractivity contribution in [1.82, 2.24) is 5.43 Å². The number of hydrazone groups is 1. The van der Waals surface area contributed by atoms with Crippen LogP contribution in [0.1, 0.15) is 89.4 Å². The van der Waals surface area contributed by atoms with Gasteiger partial charge >= 0.3 is 74.6 Å². The van der Waals surface area contributed by atoms with Crippen LogP contribution >= 0.6 is 0 Å². The standard InChI is InChI=1S/2C15H15N3O3.3C5H8O2.3C2H6O.2Er/c2*1-21-13-8-4-5-10(14(13)19)9-17-18-15(20)11-6-2-3-7-12(11)16;3*1-4(6)3-5(2)7;3*1-2-3;;/h2*2-9,19H,16H2,1H3,(H,18,20);3*3,6H,1-2H3;3*3H,2H2,1H3;;/q;;;;;;;;2*+3/p-6/b2*17-9+;3*4-3-;;;;;. The number of nitrogens with zero attached hydrogens (tertiary/aromatic N) is 3. The Labute approximate surface area is 492 Å². The van der Waals surface area contributed by atoms with Crippen LogP contribution in [0.15, 0.2) is 136 Å². The molecule has 74 heavy (non-hydrogen) atoms. The van der Waals surface area contributed by atoms with Gasteiger partial charge in [0.1, 0.15) is 11.5 Å². The number of hydrogen-bond acceptors (Lipinski definition) is 20. The minimum absolute atomic E-state index is 0. The van der Waals surface area contributed by atoms with Crippen LogP contribution in [-0.4, -0.2) is 90.9 Å². The van der Waals surface area contributed by atoms with Crippen molar-refractivity contribution in [3.8, 4) is 23.0 Å². The monoisotopic (exact) mass is 1330 g/mol. The molecular weight excluding hydrogens is 1270 g/mol. The zero-order chi connectivity index (χ0) is 56.2. The minimum atomic E-state index is -0.570. The number of carbonyl (C=O) groups excluding carboxylic acids is 4. The molecule has 23 heteroatoms. The Bertz CT molecular complexity index is 2330. The predicted octanol–water partition coefficient (Wildman–Crippen LogP) is 1.12. The number of allylic oxidation sites excluding steroid dienone is 6. The van der Waals surface area contributed by atoms with Crippen LogP contribution in [0.5, 0.6) is 23.0 Å². The van der Waals surface area contributed by atoms with Crippen molar-refractivity contribution in [3.05, 3.63) is 143 Å². The summed E-state index contributed by atoms with van der Waals surface area (Å²) in [5.41, 5.74) is 15.5. The maximum absolute atomic E-state index is 11.9. The van der Waals surface area contributed by atoms with E-state index in [9.17, 15) is 49.8 Å². The molecule has 0 spiro atoms. The van der Waals surface area contributed by atoms with Gasteiger partial charge in [0.05, 0.1) is 32.2 Å². The SMILES string of the molecule is CC(=O)/C=C(/C)[O-].CC(=O)/C=C(/C)[O-].CC(=O)/C=C(/C)[O-].CCO.CCO.CCO.COc1cccc(/C=N/N=C(\[O-])c2ccccc2N)c1[O-].COc1cccc(/C=N/NC(=O)c2ccccc2N)c1[O-].[Er+3].[Er+3]. The normalized spacial score (nSPS) is 10.3. The third-order valence-electron chi connectivity index (χ3n) is 6.79. The van der Waals surface area contributed by atoms with Gasteiger partial charge in [-0.3, -0.25) is 19.2 Å². The zero-order valence-corrected chi connectivity index (χ0v) is 46.6. The number of amides is 1. The minimum Gasteiger partial charge on any atom is -0.876 e. The number of nitrogens with one attached hydrogen (secondary N) is 1. The summed E-state index contributed by atoms with van der Waals surface area (Å²) in [6.07, 6.45) is 5.64. The topological polar surface area (TPSA) is 387 Å². The third-order valence-corrected chi connectivity index (χ3v) is 6.79. The van der Waals surface area contributed by atoms with Crippen molar-refractivity contribution in [2.75, 3.05) is 45.5 Å². The number of anilines is 2. The average molecular weight is 1340 g/mol. The van der Waals surface area contributed by atoms with Crippen molar-refractivity contribution in [2.24, 2.45) is 15.3 Å². The van der Waals surface area contributed by atoms with Crippen LogP contribution in [0.3, 0.4) is 0 Å². The first-order valence-corrected chi connectivity index (χ1v) is 21.3. The molecule has 0 aliphatic rings. The number of ketones is 3. The van der Waals surface area contributed by atoms with Crippen LogP contribution < -0.4 is 57.0 Å². The summed E-state index contributed by atoms with van der Waals surface area (Å²) in [4.78, 5) is 41.8. The summed E-state index contributed by atoms with van der Waals surface area (Å²) < 4.78 is 9.83. The van der Waals surface area contributed by atoms with E-state index in [1.54, 1.807) is 106 Å². The van der Waals surface area contributed by atoms with Crippen LogP contribution in [0.2, 0.25) is 0 Å². The smallest absolute Gasteiger partial charge is 0.876 e. The van der Waals surface area contributed by atoms with E-state index < -0.39 is 11.8 Å². The number of aliphatic hydroxyl groups is 3. The van der Waals surface area contributed by atoms with Gasteiger partial charge in [-0.15, -0.1) is 17.3 Å². The molecule has 1 amide bonds. The molecule has 0 heterocycles. The predicted molar refractivity (Wildman–Crippen MR) is 267 cm³/mol. The second-order valence-corrected chi connectivity index (χ2v) is 13.3. The number of ether oxygens (including phenoxy) is 2.